The van der Waals surface area contributed by atoms with Gasteiger partial charge < -0.3 is 0 Å². The molecule has 1 aromatic carbocycles. The van der Waals surface area contributed by atoms with Gasteiger partial charge in [0.25, 0.3) is 0 Å². The summed E-state index contributed by atoms with van der Waals surface area (Å²) in [6.07, 6.45) is 2.85. The number of rotatable bonds is 4. The smallest absolute Gasteiger partial charge is 0.159 e. The van der Waals surface area contributed by atoms with Crippen molar-refractivity contribution in [3.8, 4) is 0 Å². The third kappa shape index (κ3) is 3.25. The second-order valence-corrected chi connectivity index (χ2v) is 5.87. The molecule has 0 spiro atoms. The second-order valence-electron chi connectivity index (χ2n) is 5.87. The van der Waals surface area contributed by atoms with Crippen LogP contribution in [0.25, 0.3) is 0 Å². The van der Waals surface area contributed by atoms with E-state index in [1.165, 1.54) is 11.1 Å². The number of hydrogen-bond acceptors (Lipinski definition) is 4. The fourth-order valence-electron chi connectivity index (χ4n) is 2.92. The first kappa shape index (κ1) is 14.9. The number of fused-ring (bicyclic) bond motifs is 1. The van der Waals surface area contributed by atoms with Crippen molar-refractivity contribution >= 4 is 5.78 Å². The number of hydrogen-bond donors (Lipinski definition) is 1. The monoisotopic (exact) mass is 298 g/mol. The van der Waals surface area contributed by atoms with E-state index in [0.29, 0.717) is 0 Å². The minimum Gasteiger partial charge on any atom is -0.295 e. The molecule has 0 unspecified atom stereocenters. The number of carbonyl (C=O) groups is 1. The lowest BCUT2D eigenvalue weighted by Crippen LogP contribution is -2.26. The highest BCUT2D eigenvalue weighted by molar-refractivity contribution is 5.94. The molecular weight excluding hydrogens is 276 g/mol. The summed E-state index contributed by atoms with van der Waals surface area (Å²) >= 11 is 0. The van der Waals surface area contributed by atoms with E-state index in [-0.39, 0.29) is 5.78 Å². The Balaban J connectivity index is 1.69. The van der Waals surface area contributed by atoms with Crippen molar-refractivity contribution in [1.82, 2.24) is 20.1 Å². The Morgan fingerprint density at radius 2 is 2.05 bits per heavy atom. The highest BCUT2D eigenvalue weighted by atomic mass is 16.1. The van der Waals surface area contributed by atoms with E-state index in [1.807, 2.05) is 6.07 Å². The van der Waals surface area contributed by atoms with E-state index in [9.17, 15) is 4.79 Å². The number of benzene rings is 1. The summed E-state index contributed by atoms with van der Waals surface area (Å²) in [6.45, 7) is 6.48. The van der Waals surface area contributed by atoms with Crippen LogP contribution in [0, 0.1) is 0 Å². The quantitative estimate of drug-likeness (QED) is 0.879. The van der Waals surface area contributed by atoms with Gasteiger partial charge in [-0.1, -0.05) is 19.1 Å². The molecule has 0 saturated carbocycles. The van der Waals surface area contributed by atoms with Crippen molar-refractivity contribution in [2.45, 2.75) is 39.7 Å². The van der Waals surface area contributed by atoms with Gasteiger partial charge in [0.15, 0.2) is 5.78 Å². The third-order valence-electron chi connectivity index (χ3n) is 4.28. The van der Waals surface area contributed by atoms with E-state index < -0.39 is 0 Å². The summed E-state index contributed by atoms with van der Waals surface area (Å²) < 4.78 is 0. The van der Waals surface area contributed by atoms with E-state index in [4.69, 9.17) is 0 Å². The number of aromatic amines is 1. The largest absolute Gasteiger partial charge is 0.295 e. The Hall–Kier alpha value is -2.01. The molecule has 1 aliphatic heterocycles. The maximum absolute atomic E-state index is 11.5. The van der Waals surface area contributed by atoms with Gasteiger partial charge in [-0.05, 0) is 37.0 Å². The van der Waals surface area contributed by atoms with Crippen LogP contribution in [-0.4, -0.2) is 39.0 Å². The van der Waals surface area contributed by atoms with E-state index in [0.717, 1.165) is 56.1 Å². The zero-order valence-corrected chi connectivity index (χ0v) is 13.2. The van der Waals surface area contributed by atoms with Crippen LogP contribution in [0.5, 0.6) is 0 Å². The van der Waals surface area contributed by atoms with Crippen LogP contribution >= 0.6 is 0 Å². The van der Waals surface area contributed by atoms with Gasteiger partial charge in [0.05, 0.1) is 6.54 Å². The van der Waals surface area contributed by atoms with Crippen molar-refractivity contribution in [2.24, 2.45) is 0 Å². The highest BCUT2D eigenvalue weighted by Gasteiger charge is 2.16. The molecule has 0 radical (unpaired) electrons. The molecule has 5 heteroatoms. The number of aryl methyl sites for hydroxylation is 1. The molecular formula is C17H22N4O. The summed E-state index contributed by atoms with van der Waals surface area (Å²) in [7, 11) is 0. The maximum Gasteiger partial charge on any atom is 0.159 e. The van der Waals surface area contributed by atoms with Crippen LogP contribution in [0.3, 0.4) is 0 Å². The summed E-state index contributed by atoms with van der Waals surface area (Å²) in [5, 5.41) is 7.22. The molecule has 5 nitrogen and oxygen atoms in total. The molecule has 0 saturated heterocycles. The summed E-state index contributed by atoms with van der Waals surface area (Å²) in [5.41, 5.74) is 3.48. The molecule has 0 fully saturated rings. The van der Waals surface area contributed by atoms with Crippen LogP contribution in [0.4, 0.5) is 0 Å². The predicted molar refractivity (Wildman–Crippen MR) is 84.9 cm³/mol. The number of ketones is 1. The van der Waals surface area contributed by atoms with Gasteiger partial charge in [0.2, 0.25) is 0 Å². The number of Topliss-reactive ketones (excluding diaryl/α,β-unsaturated/α-hetero) is 1. The highest BCUT2D eigenvalue weighted by Crippen LogP contribution is 2.19. The Bertz CT molecular complexity index is 677. The first-order valence-corrected chi connectivity index (χ1v) is 7.91. The van der Waals surface area contributed by atoms with Gasteiger partial charge in [0, 0.05) is 25.1 Å². The summed E-state index contributed by atoms with van der Waals surface area (Å²) in [5.74, 6) is 1.95. The van der Waals surface area contributed by atoms with E-state index >= 15 is 0 Å². The molecule has 22 heavy (non-hydrogen) atoms. The molecule has 3 rings (SSSR count). The molecule has 0 bridgehead atoms. The van der Waals surface area contributed by atoms with Crippen molar-refractivity contribution in [3.05, 3.63) is 46.5 Å². The topological polar surface area (TPSA) is 61.9 Å². The fraction of sp³-hybridized carbons (Fsp3) is 0.471. The summed E-state index contributed by atoms with van der Waals surface area (Å²) in [6, 6.07) is 6.12. The first-order valence-electron chi connectivity index (χ1n) is 7.91. The number of H-pyrrole nitrogens is 1. The fourth-order valence-corrected chi connectivity index (χ4v) is 2.92. The normalized spacial score (nSPS) is 15.4. The van der Waals surface area contributed by atoms with Crippen molar-refractivity contribution < 1.29 is 4.79 Å². The Morgan fingerprint density at radius 1 is 1.27 bits per heavy atom. The maximum atomic E-state index is 11.5. The number of carbonyl (C=O) groups excluding carboxylic acids is 1. The molecule has 116 valence electrons. The molecule has 0 amide bonds. The first-order chi connectivity index (χ1) is 10.7. The van der Waals surface area contributed by atoms with Crippen LogP contribution in [0.2, 0.25) is 0 Å². The van der Waals surface area contributed by atoms with Crippen LogP contribution in [0.15, 0.2) is 18.2 Å². The molecule has 2 aromatic rings. The lowest BCUT2D eigenvalue weighted by molar-refractivity contribution is 0.101. The average molecular weight is 298 g/mol. The lowest BCUT2D eigenvalue weighted by atomic mass is 9.99. The SMILES string of the molecule is CCc1n[nH]c(CN2CCc3ccc(C(C)=O)cc3CC2)n1. The van der Waals surface area contributed by atoms with E-state index in [2.05, 4.69) is 39.1 Å². The van der Waals surface area contributed by atoms with Crippen LogP contribution in [0.1, 0.15) is 47.0 Å². The lowest BCUT2D eigenvalue weighted by Gasteiger charge is -2.17. The second kappa shape index (κ2) is 6.40. The molecule has 1 aliphatic rings. The number of nitrogens with one attached hydrogen (secondary N) is 1. The van der Waals surface area contributed by atoms with Crippen molar-refractivity contribution in [1.29, 1.82) is 0 Å². The molecule has 2 heterocycles. The minimum absolute atomic E-state index is 0.137. The van der Waals surface area contributed by atoms with Gasteiger partial charge in [0.1, 0.15) is 11.6 Å². The van der Waals surface area contributed by atoms with Gasteiger partial charge in [-0.15, -0.1) is 0 Å². The van der Waals surface area contributed by atoms with Gasteiger partial charge in [-0.2, -0.15) is 5.10 Å². The predicted octanol–water partition coefficient (Wildman–Crippen LogP) is 2.17. The van der Waals surface area contributed by atoms with Gasteiger partial charge in [-0.25, -0.2) is 4.98 Å². The zero-order valence-electron chi connectivity index (χ0n) is 13.2. The third-order valence-corrected chi connectivity index (χ3v) is 4.28. The average Bonchev–Trinajstić information content (AvgIpc) is 2.88. The molecule has 1 N–H and O–H groups in total. The zero-order chi connectivity index (χ0) is 15.5. The van der Waals surface area contributed by atoms with Gasteiger partial charge >= 0.3 is 0 Å². The van der Waals surface area contributed by atoms with E-state index in [1.54, 1.807) is 6.92 Å². The summed E-state index contributed by atoms with van der Waals surface area (Å²) in [4.78, 5) is 18.4. The van der Waals surface area contributed by atoms with Crippen LogP contribution < -0.4 is 0 Å². The Kier molecular flexibility index (Phi) is 4.34. The van der Waals surface area contributed by atoms with Crippen molar-refractivity contribution in [2.75, 3.05) is 13.1 Å². The number of nitrogens with zero attached hydrogens (tertiary/aromatic N) is 3. The van der Waals surface area contributed by atoms with Gasteiger partial charge in [-0.3, -0.25) is 14.8 Å². The number of aromatic nitrogens is 3. The molecule has 0 atom stereocenters. The van der Waals surface area contributed by atoms with Crippen LogP contribution in [-0.2, 0) is 25.8 Å². The standard InChI is InChI=1S/C17H22N4O/c1-3-16-18-17(20-19-16)11-21-8-6-13-4-5-14(12(2)22)10-15(13)7-9-21/h4-5,10H,3,6-9,11H2,1-2H3,(H,18,19,20). The van der Waals surface area contributed by atoms with Crippen molar-refractivity contribution in [3.63, 3.8) is 0 Å². The Morgan fingerprint density at radius 3 is 2.73 bits per heavy atom. The molecule has 0 aliphatic carbocycles. The molecule has 1 aromatic heterocycles. The minimum atomic E-state index is 0.137. The Labute approximate surface area is 130 Å².